The van der Waals surface area contributed by atoms with Crippen LogP contribution in [-0.2, 0) is 25.7 Å². The van der Waals surface area contributed by atoms with Crippen LogP contribution in [0.5, 0.6) is 0 Å². The lowest BCUT2D eigenvalue weighted by Crippen LogP contribution is -2.42. The Bertz CT molecular complexity index is 746. The molecule has 1 saturated heterocycles. The minimum Gasteiger partial charge on any atom is -0.452 e. The topological polar surface area (TPSA) is 75.7 Å². The van der Waals surface area contributed by atoms with Gasteiger partial charge < -0.3 is 15.0 Å². The Hall–Kier alpha value is -2.08. The minimum atomic E-state index is -0.863. The van der Waals surface area contributed by atoms with Crippen LogP contribution in [0.25, 0.3) is 0 Å². The molecule has 0 bridgehead atoms. The number of carbonyl (C=O) groups excluding carboxylic acids is 3. The summed E-state index contributed by atoms with van der Waals surface area (Å²) in [4.78, 5) is 38.8. The van der Waals surface area contributed by atoms with Gasteiger partial charge in [-0.2, -0.15) is 0 Å². The van der Waals surface area contributed by atoms with Gasteiger partial charge in [0.05, 0.1) is 5.92 Å². The number of hydrogen-bond acceptors (Lipinski definition) is 4. The largest absolute Gasteiger partial charge is 0.452 e. The Balaban J connectivity index is 1.49. The fourth-order valence-electron chi connectivity index (χ4n) is 3.98. The van der Waals surface area contributed by atoms with E-state index in [1.165, 1.54) is 12.8 Å². The molecule has 7 heteroatoms. The molecule has 2 amide bonds. The van der Waals surface area contributed by atoms with Gasteiger partial charge in [-0.15, -0.1) is 0 Å². The minimum absolute atomic E-state index is 0.0975. The summed E-state index contributed by atoms with van der Waals surface area (Å²) >= 11 is 6.17. The normalized spacial score (nSPS) is 21.5. The quantitative estimate of drug-likeness (QED) is 0.564. The van der Waals surface area contributed by atoms with E-state index in [0.717, 1.165) is 31.2 Å². The maximum atomic E-state index is 12.5. The third-order valence-electron chi connectivity index (χ3n) is 5.73. The van der Waals surface area contributed by atoms with Crippen LogP contribution in [0.3, 0.4) is 0 Å². The molecule has 6 nitrogen and oxygen atoms in total. The van der Waals surface area contributed by atoms with Crippen molar-refractivity contribution in [1.29, 1.82) is 0 Å². The van der Waals surface area contributed by atoms with Crippen LogP contribution < -0.4 is 5.32 Å². The molecule has 29 heavy (non-hydrogen) atoms. The van der Waals surface area contributed by atoms with Gasteiger partial charge in [-0.1, -0.05) is 55.5 Å². The van der Waals surface area contributed by atoms with Gasteiger partial charge in [0, 0.05) is 30.6 Å². The molecule has 1 aromatic carbocycles. The maximum absolute atomic E-state index is 12.5. The molecule has 0 unspecified atom stereocenters. The zero-order valence-electron chi connectivity index (χ0n) is 16.9. The summed E-state index contributed by atoms with van der Waals surface area (Å²) in [5.41, 5.74) is 0.840. The molecule has 1 N–H and O–H groups in total. The fourth-order valence-corrected chi connectivity index (χ4v) is 4.18. The summed E-state index contributed by atoms with van der Waals surface area (Å²) in [6, 6.07) is 7.49. The number of hydrogen-bond donors (Lipinski definition) is 1. The van der Waals surface area contributed by atoms with Gasteiger partial charge in [-0.25, -0.2) is 0 Å². The smallest absolute Gasteiger partial charge is 0.312 e. The van der Waals surface area contributed by atoms with Crippen molar-refractivity contribution in [2.24, 2.45) is 5.92 Å². The van der Waals surface area contributed by atoms with E-state index in [2.05, 4.69) is 5.32 Å². The molecule has 0 aromatic heterocycles. The number of halogens is 1. The van der Waals surface area contributed by atoms with Crippen molar-refractivity contribution < 1.29 is 19.1 Å². The Morgan fingerprint density at radius 2 is 1.90 bits per heavy atom. The van der Waals surface area contributed by atoms with E-state index in [9.17, 15) is 14.4 Å². The standard InChI is InChI=1S/C22H29ClN2O4/c1-15(21(27)24-18-9-4-2-3-5-10-18)29-22(28)17-12-20(26)25(14-17)13-16-8-6-7-11-19(16)23/h6-8,11,15,17-18H,2-5,9-10,12-14H2,1H3,(H,24,27)/t15-,17+/m1/s1. The summed E-state index contributed by atoms with van der Waals surface area (Å²) in [5.74, 6) is -1.42. The first kappa shape index (κ1) is 21.6. The zero-order valence-corrected chi connectivity index (χ0v) is 17.6. The lowest BCUT2D eigenvalue weighted by Gasteiger charge is -2.21. The molecule has 158 valence electrons. The van der Waals surface area contributed by atoms with Crippen LogP contribution in [0.4, 0.5) is 0 Å². The average molecular weight is 421 g/mol. The van der Waals surface area contributed by atoms with Crippen molar-refractivity contribution in [3.63, 3.8) is 0 Å². The summed E-state index contributed by atoms with van der Waals surface area (Å²) < 4.78 is 5.38. The van der Waals surface area contributed by atoms with E-state index < -0.39 is 18.0 Å². The maximum Gasteiger partial charge on any atom is 0.312 e. The number of carbonyl (C=O) groups is 3. The highest BCUT2D eigenvalue weighted by atomic mass is 35.5. The number of benzene rings is 1. The number of esters is 1. The first-order valence-electron chi connectivity index (χ1n) is 10.5. The van der Waals surface area contributed by atoms with E-state index in [0.29, 0.717) is 11.6 Å². The number of likely N-dealkylation sites (tertiary alicyclic amines) is 1. The van der Waals surface area contributed by atoms with Crippen LogP contribution in [-0.4, -0.2) is 41.4 Å². The number of amides is 2. The summed E-state index contributed by atoms with van der Waals surface area (Å²) in [6.45, 7) is 2.22. The third-order valence-corrected chi connectivity index (χ3v) is 6.10. The molecule has 1 heterocycles. The van der Waals surface area contributed by atoms with Crippen molar-refractivity contribution in [2.75, 3.05) is 6.54 Å². The van der Waals surface area contributed by atoms with Gasteiger partial charge in [0.15, 0.2) is 6.10 Å². The van der Waals surface area contributed by atoms with Gasteiger partial charge in [0.25, 0.3) is 5.91 Å². The highest BCUT2D eigenvalue weighted by Gasteiger charge is 2.37. The van der Waals surface area contributed by atoms with Gasteiger partial charge in [0.2, 0.25) is 5.91 Å². The first-order chi connectivity index (χ1) is 13.9. The van der Waals surface area contributed by atoms with E-state index in [-0.39, 0.29) is 30.8 Å². The zero-order chi connectivity index (χ0) is 20.8. The monoisotopic (exact) mass is 420 g/mol. The van der Waals surface area contributed by atoms with Crippen molar-refractivity contribution in [3.8, 4) is 0 Å². The molecule has 1 aliphatic carbocycles. The van der Waals surface area contributed by atoms with Gasteiger partial charge >= 0.3 is 5.97 Å². The second-order valence-electron chi connectivity index (χ2n) is 8.04. The Kier molecular flexibility index (Phi) is 7.53. The van der Waals surface area contributed by atoms with Crippen LogP contribution in [0, 0.1) is 5.92 Å². The van der Waals surface area contributed by atoms with Crippen molar-refractivity contribution in [2.45, 2.75) is 70.6 Å². The van der Waals surface area contributed by atoms with E-state index in [1.807, 2.05) is 18.2 Å². The predicted octanol–water partition coefficient (Wildman–Crippen LogP) is 3.46. The van der Waals surface area contributed by atoms with Gasteiger partial charge in [-0.05, 0) is 31.4 Å². The number of rotatable bonds is 6. The van der Waals surface area contributed by atoms with Crippen LogP contribution >= 0.6 is 11.6 Å². The van der Waals surface area contributed by atoms with Crippen molar-refractivity contribution in [1.82, 2.24) is 10.2 Å². The molecule has 2 fully saturated rings. The molecular weight excluding hydrogens is 392 g/mol. The molecule has 2 aliphatic rings. The SMILES string of the molecule is C[C@@H](OC(=O)[C@H]1CC(=O)N(Cc2ccccc2Cl)C1)C(=O)NC1CCCCCC1. The summed E-state index contributed by atoms with van der Waals surface area (Å²) in [5, 5.41) is 3.60. The van der Waals surface area contributed by atoms with Crippen molar-refractivity contribution in [3.05, 3.63) is 34.9 Å². The summed E-state index contributed by atoms with van der Waals surface area (Å²) in [7, 11) is 0. The molecule has 1 saturated carbocycles. The second-order valence-corrected chi connectivity index (χ2v) is 8.45. The van der Waals surface area contributed by atoms with Crippen LogP contribution in [0.1, 0.15) is 57.4 Å². The number of ether oxygens (including phenoxy) is 1. The number of nitrogens with one attached hydrogen (secondary N) is 1. The third kappa shape index (κ3) is 5.95. The molecule has 2 atom stereocenters. The van der Waals surface area contributed by atoms with Crippen LogP contribution in [0.15, 0.2) is 24.3 Å². The highest BCUT2D eigenvalue weighted by molar-refractivity contribution is 6.31. The predicted molar refractivity (Wildman–Crippen MR) is 110 cm³/mol. The Morgan fingerprint density at radius 3 is 2.59 bits per heavy atom. The van der Waals surface area contributed by atoms with Crippen LogP contribution in [0.2, 0.25) is 5.02 Å². The Morgan fingerprint density at radius 1 is 1.21 bits per heavy atom. The van der Waals surface area contributed by atoms with E-state index >= 15 is 0 Å². The Labute approximate surface area is 176 Å². The van der Waals surface area contributed by atoms with E-state index in [1.54, 1.807) is 17.9 Å². The van der Waals surface area contributed by atoms with Gasteiger partial charge in [-0.3, -0.25) is 14.4 Å². The average Bonchev–Trinajstić information content (AvgIpc) is 2.89. The number of nitrogens with zero attached hydrogens (tertiary/aromatic N) is 1. The molecule has 0 radical (unpaired) electrons. The highest BCUT2D eigenvalue weighted by Crippen LogP contribution is 2.25. The molecule has 1 aromatic rings. The second kappa shape index (κ2) is 10.1. The lowest BCUT2D eigenvalue weighted by molar-refractivity contribution is -0.158. The summed E-state index contributed by atoms with van der Waals surface area (Å²) in [6.07, 6.45) is 5.82. The van der Waals surface area contributed by atoms with E-state index in [4.69, 9.17) is 16.3 Å². The molecular formula is C22H29ClN2O4. The molecule has 1 aliphatic heterocycles. The van der Waals surface area contributed by atoms with Crippen molar-refractivity contribution >= 4 is 29.4 Å². The lowest BCUT2D eigenvalue weighted by atomic mass is 10.1. The molecule has 0 spiro atoms. The van der Waals surface area contributed by atoms with Gasteiger partial charge in [0.1, 0.15) is 0 Å². The fraction of sp³-hybridized carbons (Fsp3) is 0.591. The molecule has 3 rings (SSSR count). The first-order valence-corrected chi connectivity index (χ1v) is 10.8.